The number of nitrogens with one attached hydrogen (secondary N) is 1. The second-order valence-corrected chi connectivity index (χ2v) is 11.3. The lowest BCUT2D eigenvalue weighted by Gasteiger charge is -2.34. The molecule has 44 heavy (non-hydrogen) atoms. The van der Waals surface area contributed by atoms with Gasteiger partial charge in [0.05, 0.1) is 41.6 Å². The number of aromatic nitrogens is 1. The number of nitrogens with zero attached hydrogens (tertiary/aromatic N) is 5. The van der Waals surface area contributed by atoms with Crippen molar-refractivity contribution in [3.63, 3.8) is 0 Å². The third kappa shape index (κ3) is 5.51. The Kier molecular flexibility index (Phi) is 8.06. The van der Waals surface area contributed by atoms with E-state index in [0.29, 0.717) is 40.9 Å². The molecule has 2 amide bonds. The normalized spacial score (nSPS) is 18.1. The van der Waals surface area contributed by atoms with Crippen LogP contribution in [0.5, 0.6) is 0 Å². The molecule has 1 atom stereocenters. The number of amides is 2. The van der Waals surface area contributed by atoms with E-state index >= 15 is 0 Å². The van der Waals surface area contributed by atoms with Gasteiger partial charge in [-0.1, -0.05) is 29.8 Å². The van der Waals surface area contributed by atoms with E-state index in [0.717, 1.165) is 5.70 Å². The number of hydrogen-bond acceptors (Lipinski definition) is 9. The second kappa shape index (κ2) is 12.1. The number of carbonyl (C=O) groups excluding carboxylic acids is 2. The van der Waals surface area contributed by atoms with Gasteiger partial charge in [-0.3, -0.25) is 14.8 Å². The Bertz CT molecular complexity index is 1740. The molecule has 0 spiro atoms. The number of carbonyl (C=O) groups is 3. The molecule has 1 aromatic heterocycles. The lowest BCUT2D eigenvalue weighted by Crippen LogP contribution is -2.43. The molecule has 4 heterocycles. The van der Waals surface area contributed by atoms with E-state index in [2.05, 4.69) is 10.3 Å². The Morgan fingerprint density at radius 1 is 1.20 bits per heavy atom. The average Bonchev–Trinajstić information content (AvgIpc) is 3.67. The molecular weight excluding hydrogens is 611 g/mol. The van der Waals surface area contributed by atoms with Crippen LogP contribution in [0.4, 0.5) is 14.9 Å². The summed E-state index contributed by atoms with van der Waals surface area (Å²) in [6.45, 7) is 3.07. The number of hydrogen-bond donors (Lipinski definition) is 2. The van der Waals surface area contributed by atoms with Gasteiger partial charge in [0, 0.05) is 47.8 Å². The van der Waals surface area contributed by atoms with Crippen LogP contribution in [0.1, 0.15) is 33.9 Å². The van der Waals surface area contributed by atoms with Crippen molar-refractivity contribution in [3.8, 4) is 0 Å². The molecule has 226 valence electrons. The molecule has 2 N–H and O–H groups in total. The first-order valence-corrected chi connectivity index (χ1v) is 15.0. The van der Waals surface area contributed by atoms with Crippen LogP contribution in [0.15, 0.2) is 82.2 Å². The Morgan fingerprint density at radius 3 is 2.77 bits per heavy atom. The van der Waals surface area contributed by atoms with Gasteiger partial charge in [-0.05, 0) is 31.2 Å². The summed E-state index contributed by atoms with van der Waals surface area (Å²) in [5.74, 6) is -1.93. The van der Waals surface area contributed by atoms with Gasteiger partial charge in [-0.2, -0.15) is 0 Å². The fourth-order valence-electron chi connectivity index (χ4n) is 5.35. The molecule has 0 radical (unpaired) electrons. The minimum atomic E-state index is -1.08. The minimum absolute atomic E-state index is 0.0863. The Labute approximate surface area is 260 Å². The number of aliphatic imine (C=N–C) groups is 1. The number of rotatable bonds is 8. The number of amidine groups is 1. The molecule has 1 saturated heterocycles. The largest absolute Gasteiger partial charge is 0.478 e. The molecule has 3 aromatic rings. The molecule has 3 aliphatic heterocycles. The fourth-order valence-corrected chi connectivity index (χ4v) is 6.17. The first kappa shape index (κ1) is 29.3. The van der Waals surface area contributed by atoms with E-state index in [9.17, 15) is 23.9 Å². The van der Waals surface area contributed by atoms with Gasteiger partial charge < -0.3 is 20.1 Å². The zero-order chi connectivity index (χ0) is 31.0. The Hall–Kier alpha value is -4.75. The number of anilines is 1. The monoisotopic (exact) mass is 636 g/mol. The molecule has 2 aromatic carbocycles. The Balaban J connectivity index is 1.36. The number of esters is 1. The molecule has 1 fully saturated rings. The maximum absolute atomic E-state index is 14.6. The summed E-state index contributed by atoms with van der Waals surface area (Å²) in [6.07, 6.45) is 3.48. The van der Waals surface area contributed by atoms with Gasteiger partial charge >= 0.3 is 18.0 Å². The number of halogens is 2. The van der Waals surface area contributed by atoms with E-state index in [1.165, 1.54) is 40.5 Å². The van der Waals surface area contributed by atoms with Gasteiger partial charge in [-0.15, -0.1) is 11.3 Å². The van der Waals surface area contributed by atoms with Crippen molar-refractivity contribution in [2.24, 2.45) is 4.99 Å². The lowest BCUT2D eigenvalue weighted by molar-refractivity contribution is -0.139. The highest BCUT2D eigenvalue weighted by atomic mass is 35.5. The number of benzene rings is 2. The molecule has 6 rings (SSSR count). The van der Waals surface area contributed by atoms with Crippen molar-refractivity contribution in [1.29, 1.82) is 0 Å². The van der Waals surface area contributed by atoms with Crippen molar-refractivity contribution in [2.45, 2.75) is 13.0 Å². The fraction of sp³-hybridized carbons (Fsp3) is 0.233. The molecule has 0 aliphatic carbocycles. The molecule has 0 bridgehead atoms. The van der Waals surface area contributed by atoms with Crippen LogP contribution in [0.2, 0.25) is 5.02 Å². The number of carboxylic acid groups (broad SMARTS) is 1. The smallest absolute Gasteiger partial charge is 0.338 e. The molecule has 14 heteroatoms. The summed E-state index contributed by atoms with van der Waals surface area (Å²) in [4.78, 5) is 52.5. The first-order chi connectivity index (χ1) is 21.2. The minimum Gasteiger partial charge on any atom is -0.478 e. The summed E-state index contributed by atoms with van der Waals surface area (Å²) in [5.41, 5.74) is 2.27. The van der Waals surface area contributed by atoms with Crippen LogP contribution in [0.25, 0.3) is 0 Å². The SMILES string of the molecule is CCOC(=O)C1=C(CN2C=C3CN(c4cccc(C(=O)O)c4)C(=O)N3CC2)NC(c2nccs2)=NC1c1cccc(F)c1Cl. The van der Waals surface area contributed by atoms with Gasteiger partial charge in [-0.25, -0.2) is 23.8 Å². The molecular formula is C30H26ClFN6O5S. The van der Waals surface area contributed by atoms with E-state index in [1.807, 2.05) is 11.1 Å². The molecule has 11 nitrogen and oxygen atoms in total. The van der Waals surface area contributed by atoms with Gasteiger partial charge in [0.2, 0.25) is 0 Å². The molecule has 3 aliphatic rings. The van der Waals surface area contributed by atoms with E-state index in [1.54, 1.807) is 41.6 Å². The lowest BCUT2D eigenvalue weighted by atomic mass is 9.95. The topological polar surface area (TPSA) is 128 Å². The third-order valence-electron chi connectivity index (χ3n) is 7.37. The van der Waals surface area contributed by atoms with Crippen LogP contribution in [0.3, 0.4) is 0 Å². The maximum Gasteiger partial charge on any atom is 0.338 e. The van der Waals surface area contributed by atoms with E-state index in [4.69, 9.17) is 21.3 Å². The van der Waals surface area contributed by atoms with Crippen molar-refractivity contribution in [1.82, 2.24) is 20.1 Å². The number of thiazole rings is 1. The van der Waals surface area contributed by atoms with Crippen LogP contribution < -0.4 is 10.2 Å². The zero-order valence-corrected chi connectivity index (χ0v) is 24.9. The Morgan fingerprint density at radius 2 is 2.02 bits per heavy atom. The van der Waals surface area contributed by atoms with Crippen LogP contribution >= 0.6 is 22.9 Å². The first-order valence-electron chi connectivity index (χ1n) is 13.7. The maximum atomic E-state index is 14.6. The van der Waals surface area contributed by atoms with Crippen LogP contribution in [-0.4, -0.2) is 76.5 Å². The molecule has 1 unspecified atom stereocenters. The quantitative estimate of drug-likeness (QED) is 0.343. The van der Waals surface area contributed by atoms with Crippen molar-refractivity contribution < 1.29 is 28.6 Å². The van der Waals surface area contributed by atoms with Crippen LogP contribution in [-0.2, 0) is 9.53 Å². The second-order valence-electron chi connectivity index (χ2n) is 10.1. The standard InChI is InChI=1S/C30H26ClFN6O5S/c1-2-43-29(41)23-22(34-26(27-33-9-12-44-27)35-25(23)20-7-4-8-21(32)24(20)31)16-36-10-11-37-19(14-36)15-38(30(37)42)18-6-3-5-17(13-18)28(39)40/h3-9,12-14,25H,2,10-11,15-16H2,1H3,(H,34,35)(H,39,40). The third-order valence-corrected chi connectivity index (χ3v) is 8.55. The number of urea groups is 1. The molecule has 0 saturated carbocycles. The van der Waals surface area contributed by atoms with Gasteiger partial charge in [0.1, 0.15) is 11.9 Å². The highest BCUT2D eigenvalue weighted by Gasteiger charge is 2.38. The number of carboxylic acids is 1. The number of fused-ring (bicyclic) bond motifs is 1. The van der Waals surface area contributed by atoms with Crippen molar-refractivity contribution in [2.75, 3.05) is 37.7 Å². The predicted octanol–water partition coefficient (Wildman–Crippen LogP) is 4.64. The summed E-state index contributed by atoms with van der Waals surface area (Å²) in [6, 6.07) is 9.40. The number of aromatic carboxylic acids is 1. The van der Waals surface area contributed by atoms with Gasteiger partial charge in [0.15, 0.2) is 10.8 Å². The van der Waals surface area contributed by atoms with E-state index < -0.39 is 23.8 Å². The predicted molar refractivity (Wildman–Crippen MR) is 162 cm³/mol. The average molecular weight is 637 g/mol. The number of ether oxygens (including phenoxy) is 1. The summed E-state index contributed by atoms with van der Waals surface area (Å²) in [7, 11) is 0. The van der Waals surface area contributed by atoms with Crippen molar-refractivity contribution >= 4 is 52.4 Å². The van der Waals surface area contributed by atoms with E-state index in [-0.39, 0.29) is 41.9 Å². The summed E-state index contributed by atoms with van der Waals surface area (Å²) < 4.78 is 20.0. The highest BCUT2D eigenvalue weighted by molar-refractivity contribution is 7.11. The van der Waals surface area contributed by atoms with Crippen molar-refractivity contribution in [3.05, 3.63) is 104 Å². The zero-order valence-electron chi connectivity index (χ0n) is 23.4. The summed E-state index contributed by atoms with van der Waals surface area (Å²) >= 11 is 7.76. The van der Waals surface area contributed by atoms with Crippen LogP contribution in [0, 0.1) is 5.82 Å². The highest BCUT2D eigenvalue weighted by Crippen LogP contribution is 2.38. The van der Waals surface area contributed by atoms with Gasteiger partial charge in [0.25, 0.3) is 0 Å². The summed E-state index contributed by atoms with van der Waals surface area (Å²) in [5, 5.41) is 14.9.